The van der Waals surface area contributed by atoms with Crippen molar-refractivity contribution in [1.29, 1.82) is 0 Å². The van der Waals surface area contributed by atoms with Gasteiger partial charge in [0.25, 0.3) is 0 Å². The Labute approximate surface area is 87.0 Å². The first-order valence-corrected chi connectivity index (χ1v) is 5.49. The van der Waals surface area contributed by atoms with E-state index >= 15 is 0 Å². The van der Waals surface area contributed by atoms with Gasteiger partial charge >= 0.3 is 0 Å². The molecule has 1 aromatic heterocycles. The van der Waals surface area contributed by atoms with E-state index in [1.54, 1.807) is 23.8 Å². The number of thiazole rings is 1. The fourth-order valence-electron chi connectivity index (χ4n) is 0.822. The highest BCUT2D eigenvalue weighted by Gasteiger charge is 2.05. The molecule has 5 heteroatoms. The van der Waals surface area contributed by atoms with Crippen LogP contribution in [0.3, 0.4) is 0 Å². The molecule has 0 saturated carbocycles. The number of amides is 1. The zero-order valence-electron chi connectivity index (χ0n) is 7.36. The van der Waals surface area contributed by atoms with Gasteiger partial charge in [-0.3, -0.25) is 4.79 Å². The molecule has 1 rings (SSSR count). The number of aromatic nitrogens is 1. The minimum absolute atomic E-state index is 0.0291. The molecular weight excluding hydrogens is 204 g/mol. The summed E-state index contributed by atoms with van der Waals surface area (Å²) in [4.78, 5) is 15.2. The van der Waals surface area contributed by atoms with Crippen LogP contribution in [0.4, 0.5) is 0 Å². The van der Waals surface area contributed by atoms with E-state index < -0.39 is 0 Å². The van der Waals surface area contributed by atoms with Crippen molar-refractivity contribution in [3.8, 4) is 0 Å². The van der Waals surface area contributed by atoms with Crippen LogP contribution in [-0.2, 0) is 11.2 Å². The third-order valence-corrected chi connectivity index (χ3v) is 2.41. The molecule has 72 valence electrons. The highest BCUT2D eigenvalue weighted by molar-refractivity contribution is 7.81. The quantitative estimate of drug-likeness (QED) is 0.741. The molecule has 1 unspecified atom stereocenters. The van der Waals surface area contributed by atoms with Gasteiger partial charge in [0.2, 0.25) is 5.91 Å². The summed E-state index contributed by atoms with van der Waals surface area (Å²) in [6.45, 7) is 2.38. The Morgan fingerprint density at radius 2 is 2.62 bits per heavy atom. The van der Waals surface area contributed by atoms with E-state index in [4.69, 9.17) is 0 Å². The fraction of sp³-hybridized carbons (Fsp3) is 0.500. The monoisotopic (exact) mass is 216 g/mol. The van der Waals surface area contributed by atoms with Gasteiger partial charge in [0.1, 0.15) is 0 Å². The Morgan fingerprint density at radius 3 is 3.15 bits per heavy atom. The van der Waals surface area contributed by atoms with Crippen molar-refractivity contribution in [1.82, 2.24) is 10.3 Å². The van der Waals surface area contributed by atoms with E-state index in [0.717, 1.165) is 12.1 Å². The lowest BCUT2D eigenvalue weighted by Crippen LogP contribution is -2.31. The Bertz CT molecular complexity index is 259. The number of nitrogens with zero attached hydrogens (tertiary/aromatic N) is 1. The molecule has 0 radical (unpaired) electrons. The number of hydrogen-bond donors (Lipinski definition) is 2. The zero-order valence-corrected chi connectivity index (χ0v) is 9.07. The SMILES string of the molecule is CC(S)C(=O)NCCc1cscn1. The van der Waals surface area contributed by atoms with Gasteiger partial charge < -0.3 is 5.32 Å². The largest absolute Gasteiger partial charge is 0.355 e. The van der Waals surface area contributed by atoms with Crippen molar-refractivity contribution in [2.75, 3.05) is 6.54 Å². The average molecular weight is 216 g/mol. The van der Waals surface area contributed by atoms with Crippen LogP contribution in [0.2, 0.25) is 0 Å². The van der Waals surface area contributed by atoms with Crippen molar-refractivity contribution < 1.29 is 4.79 Å². The second-order valence-corrected chi connectivity index (χ2v) is 4.19. The number of nitrogens with one attached hydrogen (secondary N) is 1. The molecule has 1 heterocycles. The van der Waals surface area contributed by atoms with E-state index in [1.807, 2.05) is 5.38 Å². The number of carbonyl (C=O) groups is 1. The van der Waals surface area contributed by atoms with E-state index in [1.165, 1.54) is 0 Å². The molecule has 1 amide bonds. The molecule has 13 heavy (non-hydrogen) atoms. The van der Waals surface area contributed by atoms with Gasteiger partial charge in [0, 0.05) is 18.3 Å². The average Bonchev–Trinajstić information content (AvgIpc) is 2.56. The molecule has 1 N–H and O–H groups in total. The fourth-order valence-corrected chi connectivity index (χ4v) is 1.51. The lowest BCUT2D eigenvalue weighted by atomic mass is 10.3. The molecular formula is C8H12N2OS2. The van der Waals surface area contributed by atoms with Gasteiger partial charge in [-0.2, -0.15) is 12.6 Å². The maximum atomic E-state index is 11.1. The van der Waals surface area contributed by atoms with Gasteiger partial charge in [-0.1, -0.05) is 0 Å². The predicted molar refractivity (Wildman–Crippen MR) is 57.3 cm³/mol. The van der Waals surface area contributed by atoms with Crippen molar-refractivity contribution in [3.63, 3.8) is 0 Å². The number of hydrogen-bond acceptors (Lipinski definition) is 4. The Balaban J connectivity index is 2.18. The first-order chi connectivity index (χ1) is 6.20. The highest BCUT2D eigenvalue weighted by Crippen LogP contribution is 2.00. The van der Waals surface area contributed by atoms with Gasteiger partial charge in [0.05, 0.1) is 16.5 Å². The van der Waals surface area contributed by atoms with Gasteiger partial charge in [-0.25, -0.2) is 4.98 Å². The smallest absolute Gasteiger partial charge is 0.232 e. The predicted octanol–water partition coefficient (Wildman–Crippen LogP) is 1.12. The highest BCUT2D eigenvalue weighted by atomic mass is 32.1. The van der Waals surface area contributed by atoms with Crippen molar-refractivity contribution in [3.05, 3.63) is 16.6 Å². The van der Waals surface area contributed by atoms with Crippen LogP contribution in [0.5, 0.6) is 0 Å². The molecule has 1 aromatic rings. The zero-order chi connectivity index (χ0) is 9.68. The molecule has 0 spiro atoms. The molecule has 0 aromatic carbocycles. The van der Waals surface area contributed by atoms with Crippen LogP contribution < -0.4 is 5.32 Å². The minimum atomic E-state index is -0.240. The van der Waals surface area contributed by atoms with E-state index in [2.05, 4.69) is 22.9 Å². The molecule has 0 aliphatic heterocycles. The standard InChI is InChI=1S/C8H12N2OS2/c1-6(12)8(11)9-3-2-7-4-13-5-10-7/h4-6,12H,2-3H2,1H3,(H,9,11). The van der Waals surface area contributed by atoms with Gasteiger partial charge in [-0.15, -0.1) is 11.3 Å². The summed E-state index contributed by atoms with van der Waals surface area (Å²) in [7, 11) is 0. The third-order valence-electron chi connectivity index (χ3n) is 1.54. The van der Waals surface area contributed by atoms with Crippen LogP contribution in [0.25, 0.3) is 0 Å². The lowest BCUT2D eigenvalue weighted by Gasteiger charge is -2.05. The third kappa shape index (κ3) is 3.78. The summed E-state index contributed by atoms with van der Waals surface area (Å²) < 4.78 is 0. The molecule has 0 fully saturated rings. The summed E-state index contributed by atoms with van der Waals surface area (Å²) in [6.07, 6.45) is 0.787. The molecule has 0 aliphatic carbocycles. The van der Waals surface area contributed by atoms with Crippen molar-refractivity contribution in [2.24, 2.45) is 0 Å². The Hall–Kier alpha value is -0.550. The summed E-state index contributed by atoms with van der Waals surface area (Å²) in [5, 5.41) is 4.51. The van der Waals surface area contributed by atoms with Crippen LogP contribution in [0.1, 0.15) is 12.6 Å². The van der Waals surface area contributed by atoms with E-state index in [9.17, 15) is 4.79 Å². The topological polar surface area (TPSA) is 42.0 Å². The molecule has 1 atom stereocenters. The van der Waals surface area contributed by atoms with Crippen LogP contribution in [0.15, 0.2) is 10.9 Å². The summed E-state index contributed by atoms with van der Waals surface area (Å²) in [5.41, 5.74) is 2.82. The maximum absolute atomic E-state index is 11.1. The molecule has 0 aliphatic rings. The van der Waals surface area contributed by atoms with Gasteiger partial charge in [-0.05, 0) is 6.92 Å². The summed E-state index contributed by atoms with van der Waals surface area (Å²) >= 11 is 5.58. The van der Waals surface area contributed by atoms with E-state index in [0.29, 0.717) is 6.54 Å². The second-order valence-electron chi connectivity index (χ2n) is 2.70. The lowest BCUT2D eigenvalue weighted by molar-refractivity contribution is -0.120. The molecule has 0 saturated heterocycles. The summed E-state index contributed by atoms with van der Waals surface area (Å²) in [5.74, 6) is -0.0291. The first-order valence-electron chi connectivity index (χ1n) is 4.03. The second kappa shape index (κ2) is 5.24. The van der Waals surface area contributed by atoms with Crippen molar-refractivity contribution in [2.45, 2.75) is 18.6 Å². The Kier molecular flexibility index (Phi) is 4.24. The molecule has 3 nitrogen and oxygen atoms in total. The summed E-state index contributed by atoms with van der Waals surface area (Å²) in [6, 6.07) is 0. The number of thiol groups is 1. The normalized spacial score (nSPS) is 12.5. The van der Waals surface area contributed by atoms with Crippen LogP contribution >= 0.6 is 24.0 Å². The molecule has 0 bridgehead atoms. The first kappa shape index (κ1) is 10.5. The van der Waals surface area contributed by atoms with Crippen LogP contribution in [-0.4, -0.2) is 22.7 Å². The van der Waals surface area contributed by atoms with E-state index in [-0.39, 0.29) is 11.2 Å². The van der Waals surface area contributed by atoms with Gasteiger partial charge in [0.15, 0.2) is 0 Å². The van der Waals surface area contributed by atoms with Crippen LogP contribution in [0, 0.1) is 0 Å². The minimum Gasteiger partial charge on any atom is -0.355 e. The number of rotatable bonds is 4. The number of carbonyl (C=O) groups excluding carboxylic acids is 1. The maximum Gasteiger partial charge on any atom is 0.232 e. The Morgan fingerprint density at radius 1 is 1.85 bits per heavy atom. The van der Waals surface area contributed by atoms with Crippen molar-refractivity contribution >= 4 is 29.9 Å².